The fraction of sp³-hybridized carbons (Fsp3) is 0.429. The number of hydrogen-bond donors (Lipinski definition) is 1. The van der Waals surface area contributed by atoms with Crippen LogP contribution in [0.1, 0.15) is 13.8 Å². The third-order valence-corrected chi connectivity index (χ3v) is 3.12. The second kappa shape index (κ2) is 5.90. The van der Waals surface area contributed by atoms with Crippen molar-refractivity contribution in [2.75, 3.05) is 13.2 Å². The number of imide groups is 1. The van der Waals surface area contributed by atoms with Crippen molar-refractivity contribution in [2.24, 2.45) is 5.92 Å². The van der Waals surface area contributed by atoms with Crippen molar-refractivity contribution >= 4 is 11.9 Å². The van der Waals surface area contributed by atoms with Gasteiger partial charge in [-0.05, 0) is 30.2 Å². The van der Waals surface area contributed by atoms with E-state index in [-0.39, 0.29) is 30.8 Å². The van der Waals surface area contributed by atoms with E-state index in [1.54, 1.807) is 0 Å². The maximum atomic E-state index is 12.7. The zero-order valence-electron chi connectivity index (χ0n) is 11.4. The molecule has 6 heteroatoms. The van der Waals surface area contributed by atoms with Crippen LogP contribution in [0.3, 0.4) is 0 Å². The van der Waals surface area contributed by atoms with Crippen LogP contribution in [0.2, 0.25) is 0 Å². The van der Waals surface area contributed by atoms with Crippen LogP contribution >= 0.6 is 0 Å². The second-order valence-electron chi connectivity index (χ2n) is 4.96. The monoisotopic (exact) mass is 280 g/mol. The van der Waals surface area contributed by atoms with E-state index in [2.05, 4.69) is 5.32 Å². The molecule has 1 aromatic carbocycles. The number of carbonyl (C=O) groups excluding carboxylic acids is 2. The summed E-state index contributed by atoms with van der Waals surface area (Å²) in [5, 5.41) is 2.64. The highest BCUT2D eigenvalue weighted by atomic mass is 19.1. The van der Waals surface area contributed by atoms with Crippen LogP contribution in [0.25, 0.3) is 0 Å². The highest BCUT2D eigenvalue weighted by Crippen LogP contribution is 2.14. The standard InChI is InChI=1S/C14H17FN2O3/c1-9(2)12-13(18)17(14(19)16-12)7-8-20-11-5-3-10(15)4-6-11/h3-6,9,12H,7-8H2,1-2H3,(H,16,19). The molecule has 0 spiro atoms. The molecule has 1 atom stereocenters. The van der Waals surface area contributed by atoms with Crippen LogP contribution in [0.15, 0.2) is 24.3 Å². The summed E-state index contributed by atoms with van der Waals surface area (Å²) in [7, 11) is 0. The highest BCUT2D eigenvalue weighted by molar-refractivity contribution is 6.04. The molecule has 1 unspecified atom stereocenters. The number of nitrogens with zero attached hydrogens (tertiary/aromatic N) is 1. The molecule has 0 aliphatic carbocycles. The van der Waals surface area contributed by atoms with Crippen LogP contribution in [-0.2, 0) is 4.79 Å². The van der Waals surface area contributed by atoms with E-state index in [0.717, 1.165) is 4.90 Å². The number of benzene rings is 1. The Morgan fingerprint density at radius 2 is 1.95 bits per heavy atom. The molecule has 1 aliphatic rings. The Morgan fingerprint density at radius 3 is 2.50 bits per heavy atom. The highest BCUT2D eigenvalue weighted by Gasteiger charge is 2.39. The summed E-state index contributed by atoms with van der Waals surface area (Å²) < 4.78 is 18.1. The molecule has 0 saturated carbocycles. The van der Waals surface area contributed by atoms with E-state index in [0.29, 0.717) is 5.75 Å². The SMILES string of the molecule is CC(C)C1NC(=O)N(CCOc2ccc(F)cc2)C1=O. The smallest absolute Gasteiger partial charge is 0.324 e. The molecular formula is C14H17FN2O3. The van der Waals surface area contributed by atoms with Crippen LogP contribution < -0.4 is 10.1 Å². The average molecular weight is 280 g/mol. The molecule has 108 valence electrons. The molecule has 5 nitrogen and oxygen atoms in total. The predicted molar refractivity (Wildman–Crippen MR) is 70.8 cm³/mol. The van der Waals surface area contributed by atoms with E-state index in [1.807, 2.05) is 13.8 Å². The van der Waals surface area contributed by atoms with E-state index < -0.39 is 12.1 Å². The lowest BCUT2D eigenvalue weighted by Gasteiger charge is -2.14. The normalized spacial score (nSPS) is 18.6. The Labute approximate surface area is 116 Å². The predicted octanol–water partition coefficient (Wildman–Crippen LogP) is 1.78. The van der Waals surface area contributed by atoms with Crippen molar-refractivity contribution in [3.8, 4) is 5.75 Å². The Balaban J connectivity index is 1.86. The first-order valence-corrected chi connectivity index (χ1v) is 6.49. The molecule has 0 bridgehead atoms. The molecule has 1 fully saturated rings. The number of amides is 3. The number of halogens is 1. The van der Waals surface area contributed by atoms with Crippen LogP contribution in [0.5, 0.6) is 5.75 Å². The van der Waals surface area contributed by atoms with Gasteiger partial charge in [-0.3, -0.25) is 9.69 Å². The quantitative estimate of drug-likeness (QED) is 0.836. The van der Waals surface area contributed by atoms with Gasteiger partial charge >= 0.3 is 6.03 Å². The minimum Gasteiger partial charge on any atom is -0.492 e. The first kappa shape index (κ1) is 14.3. The summed E-state index contributed by atoms with van der Waals surface area (Å²) in [5.41, 5.74) is 0. The first-order chi connectivity index (χ1) is 9.49. The van der Waals surface area contributed by atoms with Crippen molar-refractivity contribution in [3.05, 3.63) is 30.1 Å². The minimum atomic E-state index is -0.465. The van der Waals surface area contributed by atoms with Gasteiger partial charge in [-0.1, -0.05) is 13.8 Å². The maximum absolute atomic E-state index is 12.7. The third kappa shape index (κ3) is 3.07. The Bertz CT molecular complexity index is 502. The van der Waals surface area contributed by atoms with Gasteiger partial charge < -0.3 is 10.1 Å². The summed E-state index contributed by atoms with van der Waals surface area (Å²) in [4.78, 5) is 24.8. The summed E-state index contributed by atoms with van der Waals surface area (Å²) in [6.45, 7) is 4.10. The Morgan fingerprint density at radius 1 is 1.30 bits per heavy atom. The molecule has 1 heterocycles. The number of rotatable bonds is 5. The molecule has 0 aromatic heterocycles. The first-order valence-electron chi connectivity index (χ1n) is 6.49. The van der Waals surface area contributed by atoms with E-state index >= 15 is 0 Å². The minimum absolute atomic E-state index is 0.0504. The second-order valence-corrected chi connectivity index (χ2v) is 4.96. The lowest BCUT2D eigenvalue weighted by molar-refractivity contribution is -0.128. The van der Waals surface area contributed by atoms with Crippen molar-refractivity contribution in [1.82, 2.24) is 10.2 Å². The zero-order valence-corrected chi connectivity index (χ0v) is 11.4. The summed E-state index contributed by atoms with van der Waals surface area (Å²) in [5.74, 6) is -0.0211. The molecule has 1 aliphatic heterocycles. The lowest BCUT2D eigenvalue weighted by atomic mass is 10.1. The van der Waals surface area contributed by atoms with Gasteiger partial charge in [-0.15, -0.1) is 0 Å². The van der Waals surface area contributed by atoms with Gasteiger partial charge in [0, 0.05) is 0 Å². The van der Waals surface area contributed by atoms with Gasteiger partial charge in [0.1, 0.15) is 24.2 Å². The number of carbonyl (C=O) groups is 2. The zero-order chi connectivity index (χ0) is 14.7. The average Bonchev–Trinajstić information content (AvgIpc) is 2.69. The lowest BCUT2D eigenvalue weighted by Crippen LogP contribution is -2.36. The molecule has 1 saturated heterocycles. The summed E-state index contributed by atoms with van der Waals surface area (Å²) >= 11 is 0. The van der Waals surface area contributed by atoms with E-state index in [1.165, 1.54) is 24.3 Å². The fourth-order valence-electron chi connectivity index (χ4n) is 1.99. The number of ether oxygens (including phenoxy) is 1. The maximum Gasteiger partial charge on any atom is 0.324 e. The molecule has 20 heavy (non-hydrogen) atoms. The molecule has 3 amide bonds. The molecule has 2 rings (SSSR count). The number of hydrogen-bond acceptors (Lipinski definition) is 3. The molecule has 1 N–H and O–H groups in total. The van der Waals surface area contributed by atoms with E-state index in [4.69, 9.17) is 4.74 Å². The van der Waals surface area contributed by atoms with Crippen molar-refractivity contribution < 1.29 is 18.7 Å². The Kier molecular flexibility index (Phi) is 4.22. The van der Waals surface area contributed by atoms with Gasteiger partial charge in [-0.2, -0.15) is 0 Å². The van der Waals surface area contributed by atoms with Gasteiger partial charge in [0.25, 0.3) is 5.91 Å². The topological polar surface area (TPSA) is 58.6 Å². The van der Waals surface area contributed by atoms with Gasteiger partial charge in [-0.25, -0.2) is 9.18 Å². The van der Waals surface area contributed by atoms with Gasteiger partial charge in [0.05, 0.1) is 6.54 Å². The molecule has 1 aromatic rings. The Hall–Kier alpha value is -2.11. The van der Waals surface area contributed by atoms with Crippen LogP contribution in [0.4, 0.5) is 9.18 Å². The fourth-order valence-corrected chi connectivity index (χ4v) is 1.99. The summed E-state index contributed by atoms with van der Waals surface area (Å²) in [6, 6.07) is 4.72. The van der Waals surface area contributed by atoms with Crippen molar-refractivity contribution in [3.63, 3.8) is 0 Å². The van der Waals surface area contributed by atoms with Gasteiger partial charge in [0.15, 0.2) is 0 Å². The number of nitrogens with one attached hydrogen (secondary N) is 1. The van der Waals surface area contributed by atoms with Crippen LogP contribution in [0, 0.1) is 11.7 Å². The summed E-state index contributed by atoms with van der Waals surface area (Å²) in [6.07, 6.45) is 0. The third-order valence-electron chi connectivity index (χ3n) is 3.12. The van der Waals surface area contributed by atoms with Crippen molar-refractivity contribution in [1.29, 1.82) is 0 Å². The largest absolute Gasteiger partial charge is 0.492 e. The van der Waals surface area contributed by atoms with Crippen LogP contribution in [-0.4, -0.2) is 36.0 Å². The molecule has 0 radical (unpaired) electrons. The van der Waals surface area contributed by atoms with Crippen molar-refractivity contribution in [2.45, 2.75) is 19.9 Å². The van der Waals surface area contributed by atoms with Gasteiger partial charge in [0.2, 0.25) is 0 Å². The number of urea groups is 1. The molecular weight excluding hydrogens is 263 g/mol. The van der Waals surface area contributed by atoms with E-state index in [9.17, 15) is 14.0 Å².